The van der Waals surface area contributed by atoms with Crippen molar-refractivity contribution < 1.29 is 17.9 Å². The van der Waals surface area contributed by atoms with Crippen molar-refractivity contribution in [2.24, 2.45) is 0 Å². The summed E-state index contributed by atoms with van der Waals surface area (Å²) in [6, 6.07) is 10.0. The molecule has 1 N–H and O–H groups in total. The van der Waals surface area contributed by atoms with E-state index < -0.39 is 10.0 Å². The Morgan fingerprint density at radius 3 is 2.79 bits per heavy atom. The van der Waals surface area contributed by atoms with E-state index >= 15 is 0 Å². The van der Waals surface area contributed by atoms with Crippen molar-refractivity contribution >= 4 is 49.1 Å². The van der Waals surface area contributed by atoms with Crippen LogP contribution >= 0.6 is 27.5 Å². The van der Waals surface area contributed by atoms with Crippen molar-refractivity contribution in [3.8, 4) is 5.75 Å². The zero-order chi connectivity index (χ0) is 21.0. The number of carbonyl (C=O) groups is 1. The number of halogens is 2. The van der Waals surface area contributed by atoms with Crippen molar-refractivity contribution in [2.75, 3.05) is 24.6 Å². The maximum atomic E-state index is 12.6. The number of benzene rings is 2. The highest BCUT2D eigenvalue weighted by atomic mass is 79.9. The number of rotatable bonds is 8. The van der Waals surface area contributed by atoms with E-state index in [1.165, 1.54) is 18.2 Å². The van der Waals surface area contributed by atoms with Gasteiger partial charge in [0.15, 0.2) is 6.61 Å². The third-order valence-electron chi connectivity index (χ3n) is 4.63. The van der Waals surface area contributed by atoms with Crippen LogP contribution in [-0.2, 0) is 21.2 Å². The summed E-state index contributed by atoms with van der Waals surface area (Å²) in [5.74, 6) is 0.0859. The van der Waals surface area contributed by atoms with Gasteiger partial charge in [0.25, 0.3) is 5.91 Å². The topological polar surface area (TPSA) is 75.7 Å². The average molecular weight is 502 g/mol. The van der Waals surface area contributed by atoms with Gasteiger partial charge in [-0.3, -0.25) is 4.79 Å². The van der Waals surface area contributed by atoms with E-state index in [1.807, 2.05) is 25.1 Å². The summed E-state index contributed by atoms with van der Waals surface area (Å²) < 4.78 is 33.6. The predicted molar refractivity (Wildman–Crippen MR) is 117 cm³/mol. The maximum absolute atomic E-state index is 12.6. The van der Waals surface area contributed by atoms with Crippen LogP contribution in [0.4, 0.5) is 5.69 Å². The van der Waals surface area contributed by atoms with Crippen LogP contribution in [0, 0.1) is 0 Å². The van der Waals surface area contributed by atoms with Crippen LogP contribution in [0.1, 0.15) is 25.3 Å². The number of amides is 1. The summed E-state index contributed by atoms with van der Waals surface area (Å²) in [4.78, 5) is 14.3. The van der Waals surface area contributed by atoms with Gasteiger partial charge in [-0.2, -0.15) is 0 Å². The summed E-state index contributed by atoms with van der Waals surface area (Å²) >= 11 is 9.63. The van der Waals surface area contributed by atoms with Gasteiger partial charge in [-0.15, -0.1) is 0 Å². The minimum atomic E-state index is -3.62. The van der Waals surface area contributed by atoms with Crippen LogP contribution in [0.3, 0.4) is 0 Å². The Morgan fingerprint density at radius 1 is 1.28 bits per heavy atom. The van der Waals surface area contributed by atoms with Gasteiger partial charge in [0.1, 0.15) is 5.75 Å². The molecule has 1 amide bonds. The standard InChI is InChI=1S/C20H22BrClN2O4S/c1-2-3-9-23-29(26,27)16-5-7-19(17(22)12-16)28-13-20(25)24-10-8-14-11-15(21)4-6-18(14)24/h4-7,11-12,23H,2-3,8-10,13H2,1H3. The van der Waals surface area contributed by atoms with Gasteiger partial charge in [-0.1, -0.05) is 40.9 Å². The predicted octanol–water partition coefficient (Wildman–Crippen LogP) is 4.15. The number of hydrogen-bond acceptors (Lipinski definition) is 4. The highest BCUT2D eigenvalue weighted by Crippen LogP contribution is 2.31. The van der Waals surface area contributed by atoms with E-state index in [0.717, 1.165) is 35.0 Å². The minimum Gasteiger partial charge on any atom is -0.482 e. The molecule has 2 aromatic carbocycles. The molecule has 9 heteroatoms. The normalized spacial score (nSPS) is 13.4. The zero-order valence-electron chi connectivity index (χ0n) is 16.0. The molecule has 0 fully saturated rings. The van der Waals surface area contributed by atoms with Gasteiger partial charge in [-0.05, 0) is 54.8 Å². The smallest absolute Gasteiger partial charge is 0.264 e. The SMILES string of the molecule is CCCCNS(=O)(=O)c1ccc(OCC(=O)N2CCc3cc(Br)ccc32)c(Cl)c1. The fraction of sp³-hybridized carbons (Fsp3) is 0.350. The maximum Gasteiger partial charge on any atom is 0.264 e. The van der Waals surface area contributed by atoms with E-state index in [9.17, 15) is 13.2 Å². The van der Waals surface area contributed by atoms with Crippen LogP contribution in [-0.4, -0.2) is 34.0 Å². The molecule has 1 heterocycles. The first-order valence-corrected chi connectivity index (χ1v) is 12.0. The van der Waals surface area contributed by atoms with Crippen LogP contribution < -0.4 is 14.4 Å². The molecule has 1 aliphatic rings. The molecule has 29 heavy (non-hydrogen) atoms. The van der Waals surface area contributed by atoms with Crippen LogP contribution in [0.2, 0.25) is 5.02 Å². The Bertz CT molecular complexity index is 1010. The third kappa shape index (κ3) is 5.31. The van der Waals surface area contributed by atoms with Crippen molar-refractivity contribution in [3.05, 3.63) is 51.5 Å². The second-order valence-electron chi connectivity index (χ2n) is 6.70. The molecule has 156 valence electrons. The average Bonchev–Trinajstić information content (AvgIpc) is 3.10. The van der Waals surface area contributed by atoms with Crippen molar-refractivity contribution in [3.63, 3.8) is 0 Å². The van der Waals surface area contributed by atoms with E-state index in [-0.39, 0.29) is 28.2 Å². The second kappa shape index (κ2) is 9.47. The number of carbonyl (C=O) groups excluding carboxylic acids is 1. The fourth-order valence-corrected chi connectivity index (χ4v) is 4.89. The lowest BCUT2D eigenvalue weighted by atomic mass is 10.2. The molecule has 0 spiro atoms. The first-order valence-electron chi connectivity index (χ1n) is 9.32. The zero-order valence-corrected chi connectivity index (χ0v) is 19.1. The Labute approximate surface area is 184 Å². The van der Waals surface area contributed by atoms with E-state index in [4.69, 9.17) is 16.3 Å². The number of nitrogens with zero attached hydrogens (tertiary/aromatic N) is 1. The summed E-state index contributed by atoms with van der Waals surface area (Å²) in [7, 11) is -3.62. The van der Waals surface area contributed by atoms with Gasteiger partial charge in [-0.25, -0.2) is 13.1 Å². The summed E-state index contributed by atoms with van der Waals surface area (Å²) in [6.07, 6.45) is 2.44. The van der Waals surface area contributed by atoms with Crippen LogP contribution in [0.5, 0.6) is 5.75 Å². The van der Waals surface area contributed by atoms with E-state index in [0.29, 0.717) is 13.1 Å². The molecule has 0 bridgehead atoms. The number of hydrogen-bond donors (Lipinski definition) is 1. The number of sulfonamides is 1. The molecule has 1 aliphatic heterocycles. The van der Waals surface area contributed by atoms with Gasteiger partial charge >= 0.3 is 0 Å². The van der Waals surface area contributed by atoms with Gasteiger partial charge in [0, 0.05) is 23.2 Å². The second-order valence-corrected chi connectivity index (χ2v) is 9.79. The molecule has 0 unspecified atom stereocenters. The highest BCUT2D eigenvalue weighted by Gasteiger charge is 2.25. The minimum absolute atomic E-state index is 0.0660. The monoisotopic (exact) mass is 500 g/mol. The molecule has 0 saturated carbocycles. The van der Waals surface area contributed by atoms with Gasteiger partial charge in [0.05, 0.1) is 9.92 Å². The molecule has 0 atom stereocenters. The summed E-state index contributed by atoms with van der Waals surface area (Å²) in [6.45, 7) is 2.77. The molecule has 2 aromatic rings. The number of fused-ring (bicyclic) bond motifs is 1. The molecular formula is C20H22BrClN2O4S. The number of ether oxygens (including phenoxy) is 1. The molecule has 0 aliphatic carbocycles. The number of unbranched alkanes of at least 4 members (excludes halogenated alkanes) is 1. The molecule has 0 saturated heterocycles. The lowest BCUT2D eigenvalue weighted by Crippen LogP contribution is -2.33. The van der Waals surface area contributed by atoms with Crippen LogP contribution in [0.15, 0.2) is 45.8 Å². The Balaban J connectivity index is 1.64. The lowest BCUT2D eigenvalue weighted by Gasteiger charge is -2.18. The van der Waals surface area contributed by atoms with Crippen molar-refractivity contribution in [1.29, 1.82) is 0 Å². The first kappa shape index (κ1) is 22.1. The molecule has 0 radical (unpaired) electrons. The first-order chi connectivity index (χ1) is 13.8. The summed E-state index contributed by atoms with van der Waals surface area (Å²) in [5, 5.41) is 0.141. The molecular weight excluding hydrogens is 480 g/mol. The van der Waals surface area contributed by atoms with Crippen molar-refractivity contribution in [2.45, 2.75) is 31.1 Å². The molecule has 6 nitrogen and oxygen atoms in total. The third-order valence-corrected chi connectivity index (χ3v) is 6.87. The van der Waals surface area contributed by atoms with Crippen molar-refractivity contribution in [1.82, 2.24) is 4.72 Å². The van der Waals surface area contributed by atoms with Gasteiger partial charge in [0.2, 0.25) is 10.0 Å². The number of nitrogens with one attached hydrogen (secondary N) is 1. The van der Waals surface area contributed by atoms with E-state index in [2.05, 4.69) is 20.7 Å². The Morgan fingerprint density at radius 2 is 2.07 bits per heavy atom. The highest BCUT2D eigenvalue weighted by molar-refractivity contribution is 9.10. The Kier molecular flexibility index (Phi) is 7.21. The quantitative estimate of drug-likeness (QED) is 0.552. The fourth-order valence-electron chi connectivity index (χ4n) is 3.08. The van der Waals surface area contributed by atoms with E-state index in [1.54, 1.807) is 4.90 Å². The molecule has 0 aromatic heterocycles. The summed E-state index contributed by atoms with van der Waals surface area (Å²) in [5.41, 5.74) is 1.99. The van der Waals surface area contributed by atoms with Gasteiger partial charge < -0.3 is 9.64 Å². The lowest BCUT2D eigenvalue weighted by molar-refractivity contribution is -0.120. The van der Waals surface area contributed by atoms with Crippen LogP contribution in [0.25, 0.3) is 0 Å². The molecule has 3 rings (SSSR count). The largest absolute Gasteiger partial charge is 0.482 e. The Hall–Kier alpha value is -1.61. The number of anilines is 1.